The lowest BCUT2D eigenvalue weighted by Crippen LogP contribution is -1.99. The monoisotopic (exact) mass is 301 g/mol. The van der Waals surface area contributed by atoms with Gasteiger partial charge in [0.15, 0.2) is 5.12 Å². The number of hydrogen-bond acceptors (Lipinski definition) is 5. The second-order valence-corrected chi connectivity index (χ2v) is 5.69. The maximum atomic E-state index is 12.0. The van der Waals surface area contributed by atoms with Crippen LogP contribution in [-0.2, 0) is 9.53 Å². The van der Waals surface area contributed by atoms with Crippen molar-refractivity contribution in [2.75, 3.05) is 13.7 Å². The number of fused-ring (bicyclic) bond motifs is 3. The van der Waals surface area contributed by atoms with Crippen molar-refractivity contribution < 1.29 is 9.53 Å². The van der Waals surface area contributed by atoms with Gasteiger partial charge < -0.3 is 4.74 Å². The minimum absolute atomic E-state index is 0.0661. The molecule has 0 aliphatic rings. The molecule has 0 fully saturated rings. The number of thioether (sulfide) groups is 1. The number of ether oxygens (including phenoxy) is 1. The minimum Gasteiger partial charge on any atom is -0.384 e. The van der Waals surface area contributed by atoms with E-state index in [1.807, 2.05) is 41.7 Å². The van der Waals surface area contributed by atoms with Gasteiger partial charge in [-0.1, -0.05) is 18.2 Å². The summed E-state index contributed by atoms with van der Waals surface area (Å²) in [5.74, 6) is 0.635. The number of aryl methyl sites for hydroxylation is 1. The van der Waals surface area contributed by atoms with Crippen molar-refractivity contribution >= 4 is 33.7 Å². The average Bonchev–Trinajstić information content (AvgIpc) is 2.83. The molecule has 0 saturated heterocycles. The van der Waals surface area contributed by atoms with Gasteiger partial charge in [-0.25, -0.2) is 9.97 Å². The molecule has 0 radical (unpaired) electrons. The van der Waals surface area contributed by atoms with Crippen LogP contribution in [-0.4, -0.2) is 33.2 Å². The Kier molecular flexibility index (Phi) is 3.90. The smallest absolute Gasteiger partial charge is 0.236 e. The van der Waals surface area contributed by atoms with Crippen LogP contribution >= 0.6 is 11.8 Å². The third kappa shape index (κ3) is 2.64. The van der Waals surface area contributed by atoms with Crippen molar-refractivity contribution in [3.63, 3.8) is 0 Å². The normalized spacial score (nSPS) is 11.3. The SMILES string of the molecule is COCCC(=O)Sc1c(C)nc2nc3cccccc3n12. The van der Waals surface area contributed by atoms with Crippen LogP contribution in [0.2, 0.25) is 0 Å². The summed E-state index contributed by atoms with van der Waals surface area (Å²) in [6, 6.07) is 9.78. The molecule has 0 unspecified atom stereocenters. The molecule has 108 valence electrons. The van der Waals surface area contributed by atoms with Crippen molar-refractivity contribution in [3.05, 3.63) is 36.0 Å². The van der Waals surface area contributed by atoms with Gasteiger partial charge in [0.05, 0.1) is 23.3 Å². The van der Waals surface area contributed by atoms with Gasteiger partial charge in [0.1, 0.15) is 5.03 Å². The second-order valence-electron chi connectivity index (χ2n) is 4.65. The largest absolute Gasteiger partial charge is 0.384 e. The van der Waals surface area contributed by atoms with Gasteiger partial charge in [0.25, 0.3) is 0 Å². The third-order valence-electron chi connectivity index (χ3n) is 3.16. The molecule has 0 saturated carbocycles. The molecule has 0 amide bonds. The van der Waals surface area contributed by atoms with Gasteiger partial charge in [-0.05, 0) is 30.8 Å². The molecular formula is C15H15N3O2S. The highest BCUT2D eigenvalue weighted by molar-refractivity contribution is 8.13. The van der Waals surface area contributed by atoms with Gasteiger partial charge in [0.2, 0.25) is 5.78 Å². The highest BCUT2D eigenvalue weighted by Crippen LogP contribution is 2.28. The Hall–Kier alpha value is -1.92. The molecule has 3 rings (SSSR count). The molecule has 0 aliphatic carbocycles. The Bertz CT molecular complexity index is 813. The first-order valence-corrected chi connectivity index (χ1v) is 7.46. The van der Waals surface area contributed by atoms with Gasteiger partial charge in [0, 0.05) is 13.5 Å². The van der Waals surface area contributed by atoms with E-state index < -0.39 is 0 Å². The average molecular weight is 301 g/mol. The zero-order chi connectivity index (χ0) is 14.8. The first-order chi connectivity index (χ1) is 10.2. The van der Waals surface area contributed by atoms with E-state index in [0.717, 1.165) is 21.8 Å². The molecule has 2 heterocycles. The molecule has 2 aromatic heterocycles. The lowest BCUT2D eigenvalue weighted by molar-refractivity contribution is -0.111. The molecule has 0 aliphatic heterocycles. The van der Waals surface area contributed by atoms with Gasteiger partial charge in [-0.2, -0.15) is 0 Å². The van der Waals surface area contributed by atoms with Crippen LogP contribution in [0.25, 0.3) is 16.8 Å². The van der Waals surface area contributed by atoms with E-state index in [-0.39, 0.29) is 5.12 Å². The predicted molar refractivity (Wildman–Crippen MR) is 82.6 cm³/mol. The zero-order valence-corrected chi connectivity index (χ0v) is 12.7. The Morgan fingerprint density at radius 2 is 2.10 bits per heavy atom. The van der Waals surface area contributed by atoms with Crippen molar-refractivity contribution in [1.29, 1.82) is 0 Å². The molecule has 3 aromatic rings. The number of nitrogens with zero attached hydrogens (tertiary/aromatic N) is 3. The number of carbonyl (C=O) groups is 1. The summed E-state index contributed by atoms with van der Waals surface area (Å²) in [5.41, 5.74) is 2.65. The molecule has 0 spiro atoms. The Morgan fingerprint density at radius 3 is 2.90 bits per heavy atom. The standard InChI is InChI=1S/C15H15N3O2S/c1-10-14(21-13(19)8-9-20-2)18-12-7-5-3-4-6-11(12)17-15(18)16-10/h3-7H,8-9H2,1-2H3. The van der Waals surface area contributed by atoms with Crippen LogP contribution in [0, 0.1) is 6.92 Å². The fourth-order valence-corrected chi connectivity index (χ4v) is 3.04. The van der Waals surface area contributed by atoms with Crippen LogP contribution < -0.4 is 0 Å². The highest BCUT2D eigenvalue weighted by atomic mass is 32.2. The fraction of sp³-hybridized carbons (Fsp3) is 0.267. The van der Waals surface area contributed by atoms with Crippen molar-refractivity contribution in [3.8, 4) is 0 Å². The molecular weight excluding hydrogens is 286 g/mol. The molecule has 0 N–H and O–H groups in total. The zero-order valence-electron chi connectivity index (χ0n) is 11.9. The fourth-order valence-electron chi connectivity index (χ4n) is 2.18. The van der Waals surface area contributed by atoms with E-state index in [1.165, 1.54) is 11.8 Å². The minimum atomic E-state index is 0.0661. The number of carbonyl (C=O) groups excluding carboxylic acids is 1. The third-order valence-corrected chi connectivity index (χ3v) is 4.26. The Balaban J connectivity index is 2.09. The van der Waals surface area contributed by atoms with Crippen molar-refractivity contribution in [2.24, 2.45) is 0 Å². The Labute approximate surface area is 126 Å². The molecule has 6 heteroatoms. The summed E-state index contributed by atoms with van der Waals surface area (Å²) in [6.45, 7) is 2.33. The van der Waals surface area contributed by atoms with E-state index in [0.29, 0.717) is 18.8 Å². The molecule has 1 aromatic carbocycles. The summed E-state index contributed by atoms with van der Waals surface area (Å²) < 4.78 is 6.89. The van der Waals surface area contributed by atoms with Gasteiger partial charge in [-0.15, -0.1) is 0 Å². The van der Waals surface area contributed by atoms with E-state index in [2.05, 4.69) is 9.97 Å². The van der Waals surface area contributed by atoms with Crippen LogP contribution in [0.4, 0.5) is 0 Å². The summed E-state index contributed by atoms with van der Waals surface area (Å²) in [5, 5.41) is 0.899. The van der Waals surface area contributed by atoms with Crippen molar-refractivity contribution in [2.45, 2.75) is 18.4 Å². The van der Waals surface area contributed by atoms with E-state index >= 15 is 0 Å². The first-order valence-electron chi connectivity index (χ1n) is 6.64. The Morgan fingerprint density at radius 1 is 1.29 bits per heavy atom. The van der Waals surface area contributed by atoms with Gasteiger partial charge >= 0.3 is 0 Å². The summed E-state index contributed by atoms with van der Waals surface area (Å²) in [6.07, 6.45) is 0.383. The lowest BCUT2D eigenvalue weighted by atomic mass is 10.4. The number of aromatic nitrogens is 3. The highest BCUT2D eigenvalue weighted by Gasteiger charge is 2.17. The molecule has 21 heavy (non-hydrogen) atoms. The van der Waals surface area contributed by atoms with Crippen LogP contribution in [0.15, 0.2) is 35.4 Å². The topological polar surface area (TPSA) is 56.5 Å². The van der Waals surface area contributed by atoms with E-state index in [4.69, 9.17) is 4.74 Å². The summed E-state index contributed by atoms with van der Waals surface area (Å²) in [7, 11) is 1.59. The number of imidazole rings is 2. The molecule has 0 bridgehead atoms. The number of methoxy groups -OCH3 is 1. The van der Waals surface area contributed by atoms with Gasteiger partial charge in [-0.3, -0.25) is 9.20 Å². The maximum absolute atomic E-state index is 12.0. The molecule has 0 atom stereocenters. The second kappa shape index (κ2) is 5.83. The predicted octanol–water partition coefficient (Wildman–Crippen LogP) is 2.85. The van der Waals surface area contributed by atoms with E-state index in [1.54, 1.807) is 7.11 Å². The number of hydrogen-bond donors (Lipinski definition) is 0. The van der Waals surface area contributed by atoms with Crippen LogP contribution in [0.5, 0.6) is 0 Å². The van der Waals surface area contributed by atoms with Crippen LogP contribution in [0.1, 0.15) is 12.1 Å². The van der Waals surface area contributed by atoms with Crippen LogP contribution in [0.3, 0.4) is 0 Å². The lowest BCUT2D eigenvalue weighted by Gasteiger charge is -2.01. The molecule has 5 nitrogen and oxygen atoms in total. The maximum Gasteiger partial charge on any atom is 0.236 e. The first kappa shape index (κ1) is 14.0. The summed E-state index contributed by atoms with van der Waals surface area (Å²) in [4.78, 5) is 21.0. The van der Waals surface area contributed by atoms with E-state index in [9.17, 15) is 4.79 Å². The number of rotatable bonds is 4. The van der Waals surface area contributed by atoms with Crippen molar-refractivity contribution in [1.82, 2.24) is 14.4 Å². The quantitative estimate of drug-likeness (QED) is 0.694. The summed E-state index contributed by atoms with van der Waals surface area (Å²) >= 11 is 1.20.